The molecule has 0 saturated heterocycles. The van der Waals surface area contributed by atoms with Crippen molar-refractivity contribution >= 4 is 53.5 Å². The first-order valence-electron chi connectivity index (χ1n) is 2.63. The third kappa shape index (κ3) is 1.77. The largest absolute Gasteiger partial charge is 0.464 e. The summed E-state index contributed by atoms with van der Waals surface area (Å²) in [6.07, 6.45) is -1.70. The molecule has 13 heavy (non-hydrogen) atoms. The second-order valence-corrected chi connectivity index (χ2v) is 2.61. The molecule has 8 heteroatoms. The van der Waals surface area contributed by atoms with Gasteiger partial charge in [-0.25, -0.2) is 4.79 Å². The van der Waals surface area contributed by atoms with Crippen molar-refractivity contribution in [2.45, 2.75) is 0 Å². The highest BCUT2D eigenvalue weighted by atomic mass is 35.5. The lowest BCUT2D eigenvalue weighted by Crippen LogP contribution is -2.35. The lowest BCUT2D eigenvalue weighted by atomic mass is 10.5. The highest BCUT2D eigenvalue weighted by Crippen LogP contribution is 2.26. The van der Waals surface area contributed by atoms with Crippen molar-refractivity contribution in [3.8, 4) is 0 Å². The zero-order valence-corrected chi connectivity index (χ0v) is 8.11. The fourth-order valence-electron chi connectivity index (χ4n) is 0.650. The molecule has 0 atom stereocenters. The van der Waals surface area contributed by atoms with Crippen molar-refractivity contribution in [1.29, 1.82) is 0 Å². The normalized spacial score (nSPS) is 16.3. The Hall–Kier alpha value is -0.780. The summed E-state index contributed by atoms with van der Waals surface area (Å²) in [6.45, 7) is 0. The molecule has 72 valence electrons. The first-order valence-corrected chi connectivity index (χ1v) is 3.39. The minimum absolute atomic E-state index is 0. The molecular weight excluding hydrogens is 244 g/mol. The number of carbonyl (C=O) groups is 3. The maximum atomic E-state index is 10.8. The van der Waals surface area contributed by atoms with Gasteiger partial charge in [-0.1, -0.05) is 23.2 Å². The zero-order valence-electron chi connectivity index (χ0n) is 5.78. The minimum Gasteiger partial charge on any atom is -0.464 e. The van der Waals surface area contributed by atoms with Gasteiger partial charge in [-0.05, 0) is 0 Å². The molecule has 5 nitrogen and oxygen atoms in total. The molecule has 0 fully saturated rings. The molecule has 0 aromatic heterocycles. The second kappa shape index (κ2) is 3.95. The Balaban J connectivity index is 0.00000144. The van der Waals surface area contributed by atoms with Crippen molar-refractivity contribution < 1.29 is 19.5 Å². The molecule has 1 heterocycles. The van der Waals surface area contributed by atoms with Gasteiger partial charge in [0.1, 0.15) is 10.1 Å². The molecule has 0 saturated carbocycles. The van der Waals surface area contributed by atoms with Crippen LogP contribution >= 0.6 is 35.6 Å². The van der Waals surface area contributed by atoms with Gasteiger partial charge in [0.25, 0.3) is 11.8 Å². The van der Waals surface area contributed by atoms with Crippen LogP contribution < -0.4 is 0 Å². The quantitative estimate of drug-likeness (QED) is 0.651. The van der Waals surface area contributed by atoms with Crippen molar-refractivity contribution in [2.75, 3.05) is 0 Å². The van der Waals surface area contributed by atoms with E-state index in [1.165, 1.54) is 0 Å². The Morgan fingerprint density at radius 1 is 1.15 bits per heavy atom. The fourth-order valence-corrected chi connectivity index (χ4v) is 0.981. The van der Waals surface area contributed by atoms with E-state index < -0.39 is 28.0 Å². The maximum Gasteiger partial charge on any atom is 0.421 e. The Labute approximate surface area is 88.3 Å². The van der Waals surface area contributed by atoms with Gasteiger partial charge >= 0.3 is 6.09 Å². The third-order valence-electron chi connectivity index (χ3n) is 1.17. The molecule has 1 N–H and O–H groups in total. The summed E-state index contributed by atoms with van der Waals surface area (Å²) in [5, 5.41) is 7.20. The summed E-state index contributed by atoms with van der Waals surface area (Å²) in [5.74, 6) is -2.22. The molecule has 1 aliphatic rings. The van der Waals surface area contributed by atoms with Crippen LogP contribution in [-0.4, -0.2) is 27.9 Å². The predicted molar refractivity (Wildman–Crippen MR) is 45.9 cm³/mol. The van der Waals surface area contributed by atoms with Gasteiger partial charge in [-0.2, -0.15) is 4.90 Å². The van der Waals surface area contributed by atoms with Crippen molar-refractivity contribution in [2.24, 2.45) is 0 Å². The summed E-state index contributed by atoms with van der Waals surface area (Å²) >= 11 is 10.4. The molecule has 3 amide bonds. The highest BCUT2D eigenvalue weighted by Gasteiger charge is 2.41. The summed E-state index contributed by atoms with van der Waals surface area (Å²) < 4.78 is 0. The van der Waals surface area contributed by atoms with Gasteiger partial charge in [0.15, 0.2) is 0 Å². The number of carbonyl (C=O) groups excluding carboxylic acids is 2. The lowest BCUT2D eigenvalue weighted by Gasteiger charge is -2.04. The number of halogens is 3. The second-order valence-electron chi connectivity index (χ2n) is 1.86. The third-order valence-corrected chi connectivity index (χ3v) is 1.96. The van der Waals surface area contributed by atoms with Crippen LogP contribution in [0.3, 0.4) is 0 Å². The van der Waals surface area contributed by atoms with E-state index in [9.17, 15) is 14.4 Å². The van der Waals surface area contributed by atoms with Crippen LogP contribution in [0.15, 0.2) is 10.1 Å². The fraction of sp³-hybridized carbons (Fsp3) is 0. The molecular formula is C5H2Cl3NO4. The van der Waals surface area contributed by atoms with Crippen LogP contribution in [0.4, 0.5) is 4.79 Å². The van der Waals surface area contributed by atoms with Crippen LogP contribution in [0.5, 0.6) is 0 Å². The van der Waals surface area contributed by atoms with Crippen LogP contribution in [0, 0.1) is 0 Å². The SMILES string of the molecule is Cl.O=C(O)N1C(=O)C(Cl)=C(Cl)C1=O. The van der Waals surface area contributed by atoms with E-state index in [4.69, 9.17) is 28.3 Å². The molecule has 0 aromatic carbocycles. The van der Waals surface area contributed by atoms with Gasteiger partial charge in [0.2, 0.25) is 0 Å². The van der Waals surface area contributed by atoms with E-state index in [0.717, 1.165) is 0 Å². The monoisotopic (exact) mass is 245 g/mol. The molecule has 1 aliphatic heterocycles. The Morgan fingerprint density at radius 3 is 1.62 bits per heavy atom. The number of amides is 3. The Bertz CT molecular complexity index is 300. The van der Waals surface area contributed by atoms with Crippen molar-refractivity contribution in [3.63, 3.8) is 0 Å². The maximum absolute atomic E-state index is 10.8. The van der Waals surface area contributed by atoms with E-state index >= 15 is 0 Å². The van der Waals surface area contributed by atoms with Gasteiger partial charge in [0.05, 0.1) is 0 Å². The first-order chi connectivity index (χ1) is 5.46. The minimum atomic E-state index is -1.70. The Morgan fingerprint density at radius 2 is 1.46 bits per heavy atom. The predicted octanol–water partition coefficient (Wildman–Crippen LogP) is 1.14. The van der Waals surface area contributed by atoms with E-state index in [1.807, 2.05) is 0 Å². The molecule has 0 spiro atoms. The molecule has 1 rings (SSSR count). The summed E-state index contributed by atoms with van der Waals surface area (Å²) in [6, 6.07) is 0. The number of imide groups is 3. The highest BCUT2D eigenvalue weighted by molar-refractivity contribution is 6.59. The van der Waals surface area contributed by atoms with Crippen LogP contribution in [-0.2, 0) is 9.59 Å². The number of nitrogens with zero attached hydrogens (tertiary/aromatic N) is 1. The average Bonchev–Trinajstić information content (AvgIpc) is 2.16. The molecule has 0 unspecified atom stereocenters. The van der Waals surface area contributed by atoms with Crippen LogP contribution in [0.2, 0.25) is 0 Å². The number of carboxylic acid groups (broad SMARTS) is 1. The topological polar surface area (TPSA) is 74.7 Å². The average molecular weight is 246 g/mol. The van der Waals surface area contributed by atoms with Gasteiger partial charge in [-0.3, -0.25) is 9.59 Å². The molecule has 0 aliphatic carbocycles. The smallest absolute Gasteiger partial charge is 0.421 e. The van der Waals surface area contributed by atoms with Crippen LogP contribution in [0.25, 0.3) is 0 Å². The van der Waals surface area contributed by atoms with Gasteiger partial charge in [0, 0.05) is 0 Å². The number of hydrogen-bond donors (Lipinski definition) is 1. The summed E-state index contributed by atoms with van der Waals surface area (Å²) in [4.78, 5) is 31.8. The number of hydrogen-bond acceptors (Lipinski definition) is 3. The van der Waals surface area contributed by atoms with Gasteiger partial charge < -0.3 is 5.11 Å². The first kappa shape index (κ1) is 12.2. The van der Waals surface area contributed by atoms with Crippen LogP contribution in [0.1, 0.15) is 0 Å². The Kier molecular flexibility index (Phi) is 3.71. The van der Waals surface area contributed by atoms with Crippen molar-refractivity contribution in [3.05, 3.63) is 10.1 Å². The lowest BCUT2D eigenvalue weighted by molar-refractivity contribution is -0.134. The molecule has 0 radical (unpaired) electrons. The standard InChI is InChI=1S/C5HCl2NO4.ClH/c6-1-2(7)4(10)8(3(1)9)5(11)12;/h(H,11,12);1H. The molecule has 0 aromatic rings. The van der Waals surface area contributed by atoms with Gasteiger partial charge in [-0.15, -0.1) is 12.4 Å². The van der Waals surface area contributed by atoms with E-state index in [-0.39, 0.29) is 17.3 Å². The summed E-state index contributed by atoms with van der Waals surface area (Å²) in [7, 11) is 0. The van der Waals surface area contributed by atoms with E-state index in [1.54, 1.807) is 0 Å². The summed E-state index contributed by atoms with van der Waals surface area (Å²) in [5.41, 5.74) is 0. The molecule has 0 bridgehead atoms. The van der Waals surface area contributed by atoms with E-state index in [0.29, 0.717) is 0 Å². The van der Waals surface area contributed by atoms with E-state index in [2.05, 4.69) is 0 Å². The number of rotatable bonds is 0. The zero-order chi connectivity index (χ0) is 9.46. The van der Waals surface area contributed by atoms with Crippen molar-refractivity contribution in [1.82, 2.24) is 4.90 Å².